The Hall–Kier alpha value is -2.97. The van der Waals surface area contributed by atoms with Crippen molar-refractivity contribution in [1.82, 2.24) is 9.99 Å². The summed E-state index contributed by atoms with van der Waals surface area (Å²) in [7, 11) is 0. The lowest BCUT2D eigenvalue weighted by Crippen LogP contribution is -2.53. The number of benzene rings is 2. The summed E-state index contributed by atoms with van der Waals surface area (Å²) in [5.74, 6) is -0.967. The predicted molar refractivity (Wildman–Crippen MR) is 112 cm³/mol. The van der Waals surface area contributed by atoms with Crippen LogP contribution in [0.25, 0.3) is 0 Å². The highest BCUT2D eigenvalue weighted by Gasteiger charge is 2.35. The molecule has 0 spiro atoms. The second kappa shape index (κ2) is 7.07. The lowest BCUT2D eigenvalue weighted by atomic mass is 9.94. The van der Waals surface area contributed by atoms with Gasteiger partial charge in [0.2, 0.25) is 5.43 Å². The summed E-state index contributed by atoms with van der Waals surface area (Å²) in [6, 6.07) is 11.0. The molecule has 2 aliphatic rings. The van der Waals surface area contributed by atoms with E-state index in [1.807, 2.05) is 17.1 Å². The molecular formula is C21H15ClFN3O3S. The Kier molecular flexibility index (Phi) is 4.48. The fourth-order valence-electron chi connectivity index (χ4n) is 3.97. The van der Waals surface area contributed by atoms with E-state index in [1.54, 1.807) is 12.1 Å². The summed E-state index contributed by atoms with van der Waals surface area (Å²) in [6.45, 7) is 0.117. The van der Waals surface area contributed by atoms with E-state index in [1.165, 1.54) is 40.8 Å². The number of aromatic nitrogens is 1. The first-order valence-corrected chi connectivity index (χ1v) is 10.5. The summed E-state index contributed by atoms with van der Waals surface area (Å²) < 4.78 is 15.5. The average molecular weight is 444 g/mol. The third-order valence-corrected chi connectivity index (χ3v) is 6.94. The quantitative estimate of drug-likeness (QED) is 0.603. The number of nitrogens with one attached hydrogen (secondary N) is 1. The predicted octanol–water partition coefficient (Wildman–Crippen LogP) is 3.38. The number of carbonyl (C=O) groups is 1. The number of amides is 1. The largest absolute Gasteiger partial charge is 0.502 e. The first kappa shape index (κ1) is 19.0. The fraction of sp³-hybridized carbons (Fsp3) is 0.143. The first-order chi connectivity index (χ1) is 14.5. The van der Waals surface area contributed by atoms with Crippen LogP contribution in [-0.4, -0.2) is 22.4 Å². The molecule has 1 aromatic heterocycles. The molecule has 152 valence electrons. The SMILES string of the molecule is O=C1NCN([C@@H]2c3ccc(F)cc3CSc3c(Cl)cccc32)n2ccc(=O)c(O)c21. The molecule has 0 saturated heterocycles. The maximum Gasteiger partial charge on any atom is 0.275 e. The Morgan fingerprint density at radius 3 is 2.83 bits per heavy atom. The molecule has 0 unspecified atom stereocenters. The third-order valence-electron chi connectivity index (χ3n) is 5.31. The van der Waals surface area contributed by atoms with E-state index in [0.717, 1.165) is 21.6 Å². The Balaban J connectivity index is 1.79. The minimum Gasteiger partial charge on any atom is -0.502 e. The van der Waals surface area contributed by atoms with Crippen molar-refractivity contribution in [1.29, 1.82) is 0 Å². The van der Waals surface area contributed by atoms with Gasteiger partial charge in [0.1, 0.15) is 12.5 Å². The molecule has 0 bridgehead atoms. The maximum absolute atomic E-state index is 14.0. The van der Waals surface area contributed by atoms with Crippen LogP contribution >= 0.6 is 23.4 Å². The van der Waals surface area contributed by atoms with E-state index >= 15 is 0 Å². The van der Waals surface area contributed by atoms with Gasteiger partial charge in [-0.3, -0.25) is 19.3 Å². The number of hydrogen-bond acceptors (Lipinski definition) is 5. The standard InChI is InChI=1S/C21H15ClFN3O3S/c22-15-3-1-2-14-17(13-5-4-12(23)8-11(13)9-30-20(14)15)26-10-24-21(29)18-19(28)16(27)6-7-25(18)26/h1-8,17,28H,9-10H2,(H,24,29)/t17-/m1/s1. The summed E-state index contributed by atoms with van der Waals surface area (Å²) >= 11 is 8.01. The summed E-state index contributed by atoms with van der Waals surface area (Å²) in [5, 5.41) is 15.4. The molecule has 2 aromatic carbocycles. The molecule has 0 fully saturated rings. The highest BCUT2D eigenvalue weighted by atomic mass is 35.5. The van der Waals surface area contributed by atoms with E-state index < -0.39 is 23.1 Å². The van der Waals surface area contributed by atoms with Crippen LogP contribution in [0.15, 0.2) is 58.4 Å². The van der Waals surface area contributed by atoms with Crippen molar-refractivity contribution in [2.45, 2.75) is 16.7 Å². The van der Waals surface area contributed by atoms with E-state index in [9.17, 15) is 19.1 Å². The highest BCUT2D eigenvalue weighted by molar-refractivity contribution is 7.98. The second-order valence-corrected chi connectivity index (χ2v) is 8.41. The van der Waals surface area contributed by atoms with Crippen LogP contribution in [0, 0.1) is 5.82 Å². The molecule has 2 aliphatic heterocycles. The summed E-state index contributed by atoms with van der Waals surface area (Å²) in [6.07, 6.45) is 1.46. The van der Waals surface area contributed by atoms with Gasteiger partial charge in [-0.15, -0.1) is 11.8 Å². The van der Waals surface area contributed by atoms with E-state index in [2.05, 4.69) is 5.32 Å². The zero-order valence-corrected chi connectivity index (χ0v) is 17.0. The van der Waals surface area contributed by atoms with Gasteiger partial charge in [0, 0.05) is 22.9 Å². The van der Waals surface area contributed by atoms with Gasteiger partial charge >= 0.3 is 0 Å². The van der Waals surface area contributed by atoms with Gasteiger partial charge in [-0.25, -0.2) is 4.39 Å². The van der Waals surface area contributed by atoms with E-state index in [-0.39, 0.29) is 18.2 Å². The Morgan fingerprint density at radius 1 is 1.17 bits per heavy atom. The molecule has 2 N–H and O–H groups in total. The van der Waals surface area contributed by atoms with Gasteiger partial charge in [0.05, 0.1) is 11.1 Å². The van der Waals surface area contributed by atoms with E-state index in [0.29, 0.717) is 10.8 Å². The van der Waals surface area contributed by atoms with Gasteiger partial charge in [-0.2, -0.15) is 0 Å². The Labute approximate surface area is 179 Å². The molecule has 0 aliphatic carbocycles. The lowest BCUT2D eigenvalue weighted by Gasteiger charge is -2.40. The highest BCUT2D eigenvalue weighted by Crippen LogP contribution is 2.45. The minimum absolute atomic E-state index is 0.117. The molecule has 1 atom stereocenters. The lowest BCUT2D eigenvalue weighted by molar-refractivity contribution is 0.0915. The molecule has 0 saturated carbocycles. The normalized spacial score (nSPS) is 17.5. The Bertz CT molecular complexity index is 1260. The van der Waals surface area contributed by atoms with Crippen molar-refractivity contribution < 1.29 is 14.3 Å². The molecular weight excluding hydrogens is 429 g/mol. The number of aromatic hydroxyl groups is 1. The molecule has 1 amide bonds. The van der Waals surface area contributed by atoms with Gasteiger partial charge in [-0.1, -0.05) is 29.8 Å². The van der Waals surface area contributed by atoms with Crippen LogP contribution in [0.4, 0.5) is 4.39 Å². The van der Waals surface area contributed by atoms with Crippen LogP contribution in [0.1, 0.15) is 33.2 Å². The zero-order chi connectivity index (χ0) is 21.0. The molecule has 0 radical (unpaired) electrons. The molecule has 3 aromatic rings. The fourth-order valence-corrected chi connectivity index (χ4v) is 5.42. The summed E-state index contributed by atoms with van der Waals surface area (Å²) in [4.78, 5) is 25.2. The molecule has 30 heavy (non-hydrogen) atoms. The number of halogens is 2. The molecule has 9 heteroatoms. The molecule has 6 nitrogen and oxygen atoms in total. The number of thioether (sulfide) groups is 1. The van der Waals surface area contributed by atoms with Crippen molar-refractivity contribution in [2.75, 3.05) is 11.7 Å². The topological polar surface area (TPSA) is 74.6 Å². The number of fused-ring (bicyclic) bond motifs is 3. The number of nitrogens with zero attached hydrogens (tertiary/aromatic N) is 2. The van der Waals surface area contributed by atoms with Crippen LogP contribution in [0.3, 0.4) is 0 Å². The number of pyridine rings is 1. The molecule has 5 rings (SSSR count). The second-order valence-electron chi connectivity index (χ2n) is 7.02. The summed E-state index contributed by atoms with van der Waals surface area (Å²) in [5.41, 5.74) is 1.77. The minimum atomic E-state index is -0.638. The van der Waals surface area contributed by atoms with Crippen LogP contribution in [-0.2, 0) is 5.75 Å². The van der Waals surface area contributed by atoms with Gasteiger partial charge in [-0.05, 0) is 34.9 Å². The van der Waals surface area contributed by atoms with E-state index in [4.69, 9.17) is 11.6 Å². The van der Waals surface area contributed by atoms with Crippen molar-refractivity contribution in [2.24, 2.45) is 0 Å². The van der Waals surface area contributed by atoms with Crippen LogP contribution in [0.5, 0.6) is 5.75 Å². The maximum atomic E-state index is 14.0. The van der Waals surface area contributed by atoms with Crippen molar-refractivity contribution in [3.05, 3.63) is 92.1 Å². The smallest absolute Gasteiger partial charge is 0.275 e. The van der Waals surface area contributed by atoms with Gasteiger partial charge in [0.25, 0.3) is 5.91 Å². The van der Waals surface area contributed by atoms with Crippen molar-refractivity contribution in [3.63, 3.8) is 0 Å². The number of rotatable bonds is 1. The zero-order valence-electron chi connectivity index (χ0n) is 15.4. The van der Waals surface area contributed by atoms with Crippen molar-refractivity contribution in [3.8, 4) is 5.75 Å². The number of carbonyl (C=O) groups excluding carboxylic acids is 1. The Morgan fingerprint density at radius 2 is 2.00 bits per heavy atom. The van der Waals surface area contributed by atoms with Gasteiger partial charge in [0.15, 0.2) is 11.4 Å². The monoisotopic (exact) mass is 443 g/mol. The third kappa shape index (κ3) is 2.86. The van der Waals surface area contributed by atoms with Crippen molar-refractivity contribution >= 4 is 29.3 Å². The first-order valence-electron chi connectivity index (χ1n) is 9.15. The average Bonchev–Trinajstić information content (AvgIpc) is 2.88. The number of hydrogen-bond donors (Lipinski definition) is 2. The van der Waals surface area contributed by atoms with Crippen LogP contribution in [0.2, 0.25) is 5.02 Å². The molecule has 3 heterocycles. The van der Waals surface area contributed by atoms with Gasteiger partial charge < -0.3 is 10.4 Å². The van der Waals surface area contributed by atoms with Crippen LogP contribution < -0.4 is 15.8 Å².